The molecule has 0 spiro atoms. The fourth-order valence-corrected chi connectivity index (χ4v) is 2.55. The SMILES string of the molecule is CCCCCC(Br)c1ccc(CCC)cc1. The number of halogens is 1. The topological polar surface area (TPSA) is 0 Å². The fraction of sp³-hybridized carbons (Fsp3) is 0.600. The quantitative estimate of drug-likeness (QED) is 0.447. The molecule has 0 N–H and O–H groups in total. The van der Waals surface area contributed by atoms with Crippen molar-refractivity contribution in [2.24, 2.45) is 0 Å². The Morgan fingerprint density at radius 3 is 2.25 bits per heavy atom. The Morgan fingerprint density at radius 1 is 1.00 bits per heavy atom. The molecule has 1 heteroatoms. The highest BCUT2D eigenvalue weighted by molar-refractivity contribution is 9.09. The van der Waals surface area contributed by atoms with Crippen molar-refractivity contribution in [3.63, 3.8) is 0 Å². The predicted octanol–water partition coefficient (Wildman–Crippen LogP) is 5.66. The minimum absolute atomic E-state index is 0.537. The molecule has 0 aliphatic heterocycles. The third-order valence-corrected chi connectivity index (χ3v) is 3.93. The van der Waals surface area contributed by atoms with Crippen LogP contribution in [-0.4, -0.2) is 0 Å². The number of hydrogen-bond donors (Lipinski definition) is 0. The Hall–Kier alpha value is -0.300. The van der Waals surface area contributed by atoms with Crippen LogP contribution in [0.5, 0.6) is 0 Å². The highest BCUT2D eigenvalue weighted by atomic mass is 79.9. The minimum atomic E-state index is 0.537. The van der Waals surface area contributed by atoms with Gasteiger partial charge in [-0.2, -0.15) is 0 Å². The van der Waals surface area contributed by atoms with Gasteiger partial charge in [-0.05, 0) is 24.0 Å². The lowest BCUT2D eigenvalue weighted by atomic mass is 10.0. The fourth-order valence-electron chi connectivity index (χ4n) is 1.92. The van der Waals surface area contributed by atoms with Gasteiger partial charge < -0.3 is 0 Å². The summed E-state index contributed by atoms with van der Waals surface area (Å²) in [6.45, 7) is 4.48. The van der Waals surface area contributed by atoms with Gasteiger partial charge in [-0.1, -0.05) is 79.7 Å². The summed E-state index contributed by atoms with van der Waals surface area (Å²) in [5.74, 6) is 0. The van der Waals surface area contributed by atoms with E-state index in [4.69, 9.17) is 0 Å². The maximum Gasteiger partial charge on any atom is 0.0395 e. The van der Waals surface area contributed by atoms with Crippen molar-refractivity contribution in [1.29, 1.82) is 0 Å². The number of rotatable bonds is 7. The van der Waals surface area contributed by atoms with E-state index >= 15 is 0 Å². The molecule has 1 unspecified atom stereocenters. The van der Waals surface area contributed by atoms with E-state index in [-0.39, 0.29) is 0 Å². The third-order valence-electron chi connectivity index (χ3n) is 2.94. The van der Waals surface area contributed by atoms with E-state index in [2.05, 4.69) is 54.0 Å². The molecular weight excluding hydrogens is 260 g/mol. The number of hydrogen-bond acceptors (Lipinski definition) is 0. The second kappa shape index (κ2) is 7.89. The molecule has 0 fully saturated rings. The molecule has 0 aliphatic rings. The Kier molecular flexibility index (Phi) is 6.79. The number of unbranched alkanes of at least 4 members (excludes halogenated alkanes) is 2. The lowest BCUT2D eigenvalue weighted by Gasteiger charge is -2.10. The monoisotopic (exact) mass is 282 g/mol. The molecule has 1 aromatic carbocycles. The van der Waals surface area contributed by atoms with Gasteiger partial charge in [-0.15, -0.1) is 0 Å². The van der Waals surface area contributed by atoms with Crippen LogP contribution in [0.25, 0.3) is 0 Å². The maximum absolute atomic E-state index is 3.78. The van der Waals surface area contributed by atoms with Crippen LogP contribution in [0.2, 0.25) is 0 Å². The summed E-state index contributed by atoms with van der Waals surface area (Å²) in [5, 5.41) is 0. The average molecular weight is 283 g/mol. The molecule has 0 aliphatic carbocycles. The lowest BCUT2D eigenvalue weighted by molar-refractivity contribution is 0.664. The highest BCUT2D eigenvalue weighted by Gasteiger charge is 2.06. The average Bonchev–Trinajstić information content (AvgIpc) is 2.30. The predicted molar refractivity (Wildman–Crippen MR) is 76.2 cm³/mol. The first-order chi connectivity index (χ1) is 7.77. The van der Waals surface area contributed by atoms with Gasteiger partial charge in [0.15, 0.2) is 0 Å². The molecule has 0 radical (unpaired) electrons. The van der Waals surface area contributed by atoms with E-state index < -0.39 is 0 Å². The van der Waals surface area contributed by atoms with Crippen LogP contribution >= 0.6 is 15.9 Å². The summed E-state index contributed by atoms with van der Waals surface area (Å²) in [6, 6.07) is 9.09. The molecule has 0 aromatic heterocycles. The van der Waals surface area contributed by atoms with Crippen LogP contribution < -0.4 is 0 Å². The Bertz CT molecular complexity index is 276. The summed E-state index contributed by atoms with van der Waals surface area (Å²) in [5.41, 5.74) is 2.88. The largest absolute Gasteiger partial charge is 0.0839 e. The molecule has 0 saturated heterocycles. The summed E-state index contributed by atoms with van der Waals surface area (Å²) in [6.07, 6.45) is 7.64. The number of aryl methyl sites for hydroxylation is 1. The van der Waals surface area contributed by atoms with Crippen molar-refractivity contribution in [1.82, 2.24) is 0 Å². The highest BCUT2D eigenvalue weighted by Crippen LogP contribution is 2.28. The Balaban J connectivity index is 2.46. The van der Waals surface area contributed by atoms with Crippen LogP contribution in [0.3, 0.4) is 0 Å². The molecule has 0 heterocycles. The molecule has 1 rings (SSSR count). The zero-order chi connectivity index (χ0) is 11.8. The van der Waals surface area contributed by atoms with Crippen molar-refractivity contribution >= 4 is 15.9 Å². The van der Waals surface area contributed by atoms with Crippen molar-refractivity contribution < 1.29 is 0 Å². The van der Waals surface area contributed by atoms with E-state index in [1.807, 2.05) is 0 Å². The molecule has 0 nitrogen and oxygen atoms in total. The molecule has 0 saturated carbocycles. The van der Waals surface area contributed by atoms with Crippen molar-refractivity contribution in [2.45, 2.75) is 57.2 Å². The Morgan fingerprint density at radius 2 is 1.69 bits per heavy atom. The Labute approximate surface area is 109 Å². The molecule has 0 amide bonds. The third kappa shape index (κ3) is 4.69. The van der Waals surface area contributed by atoms with E-state index in [9.17, 15) is 0 Å². The van der Waals surface area contributed by atoms with Gasteiger partial charge in [0.25, 0.3) is 0 Å². The molecule has 90 valence electrons. The van der Waals surface area contributed by atoms with E-state index in [1.54, 1.807) is 0 Å². The van der Waals surface area contributed by atoms with E-state index in [0.29, 0.717) is 4.83 Å². The summed E-state index contributed by atoms with van der Waals surface area (Å²) < 4.78 is 0. The van der Waals surface area contributed by atoms with Gasteiger partial charge in [0, 0.05) is 4.83 Å². The van der Waals surface area contributed by atoms with Gasteiger partial charge in [-0.25, -0.2) is 0 Å². The first-order valence-corrected chi connectivity index (χ1v) is 7.42. The van der Waals surface area contributed by atoms with Crippen molar-refractivity contribution in [3.05, 3.63) is 35.4 Å². The molecular formula is C15H23Br. The van der Waals surface area contributed by atoms with Crippen LogP contribution in [0.4, 0.5) is 0 Å². The second-order valence-corrected chi connectivity index (χ2v) is 5.56. The number of alkyl halides is 1. The summed E-state index contributed by atoms with van der Waals surface area (Å²) in [4.78, 5) is 0.537. The zero-order valence-corrected chi connectivity index (χ0v) is 12.1. The van der Waals surface area contributed by atoms with Gasteiger partial charge in [0.05, 0.1) is 0 Å². The molecule has 1 atom stereocenters. The first kappa shape index (κ1) is 13.8. The van der Waals surface area contributed by atoms with Crippen LogP contribution in [0.1, 0.15) is 61.9 Å². The summed E-state index contributed by atoms with van der Waals surface area (Å²) >= 11 is 3.78. The summed E-state index contributed by atoms with van der Waals surface area (Å²) in [7, 11) is 0. The first-order valence-electron chi connectivity index (χ1n) is 6.50. The van der Waals surface area contributed by atoms with Crippen molar-refractivity contribution in [3.8, 4) is 0 Å². The minimum Gasteiger partial charge on any atom is -0.0839 e. The van der Waals surface area contributed by atoms with Gasteiger partial charge in [0.2, 0.25) is 0 Å². The second-order valence-electron chi connectivity index (χ2n) is 4.45. The van der Waals surface area contributed by atoms with E-state index in [0.717, 1.165) is 0 Å². The van der Waals surface area contributed by atoms with Gasteiger partial charge in [0.1, 0.15) is 0 Å². The van der Waals surface area contributed by atoms with Gasteiger partial charge in [-0.3, -0.25) is 0 Å². The zero-order valence-electron chi connectivity index (χ0n) is 10.5. The molecule has 1 aromatic rings. The normalized spacial score (nSPS) is 12.7. The van der Waals surface area contributed by atoms with Crippen molar-refractivity contribution in [2.75, 3.05) is 0 Å². The lowest BCUT2D eigenvalue weighted by Crippen LogP contribution is -1.91. The smallest absolute Gasteiger partial charge is 0.0395 e. The van der Waals surface area contributed by atoms with Gasteiger partial charge >= 0.3 is 0 Å². The van der Waals surface area contributed by atoms with Crippen LogP contribution in [-0.2, 0) is 6.42 Å². The molecule has 0 bridgehead atoms. The number of benzene rings is 1. The maximum atomic E-state index is 3.78. The standard InChI is InChI=1S/C15H23Br/c1-3-5-6-8-15(16)14-11-9-13(7-4-2)10-12-14/h9-12,15H,3-8H2,1-2H3. The van der Waals surface area contributed by atoms with Crippen LogP contribution in [0.15, 0.2) is 24.3 Å². The van der Waals surface area contributed by atoms with Crippen LogP contribution in [0, 0.1) is 0 Å². The van der Waals surface area contributed by atoms with E-state index in [1.165, 1.54) is 49.7 Å². The molecule has 16 heavy (non-hydrogen) atoms.